The first-order chi connectivity index (χ1) is 11.5. The van der Waals surface area contributed by atoms with Crippen molar-refractivity contribution < 1.29 is 14.2 Å². The Kier molecular flexibility index (Phi) is 3.31. The minimum atomic E-state index is -0.594. The number of amides is 3. The highest BCUT2D eigenvalue weighted by atomic mass is 79.9. The third-order valence-electron chi connectivity index (χ3n) is 4.24. The van der Waals surface area contributed by atoms with Crippen LogP contribution in [-0.2, 0) is 11.3 Å². The molecule has 3 heterocycles. The molecular formula is C16H15BrN5O2+. The Morgan fingerprint density at radius 2 is 2.00 bits per heavy atom. The number of aromatic amines is 1. The van der Waals surface area contributed by atoms with Crippen LogP contribution in [0.1, 0.15) is 17.3 Å². The van der Waals surface area contributed by atoms with Crippen molar-refractivity contribution in [3.63, 3.8) is 0 Å². The summed E-state index contributed by atoms with van der Waals surface area (Å²) < 4.78 is 2.73. The van der Waals surface area contributed by atoms with Crippen molar-refractivity contribution in [2.75, 3.05) is 7.05 Å². The molecule has 24 heavy (non-hydrogen) atoms. The van der Waals surface area contributed by atoms with Crippen molar-refractivity contribution in [3.8, 4) is 0 Å². The average Bonchev–Trinajstić information content (AvgIpc) is 3.07. The van der Waals surface area contributed by atoms with Gasteiger partial charge in [-0.2, -0.15) is 0 Å². The van der Waals surface area contributed by atoms with Crippen molar-refractivity contribution in [1.29, 1.82) is 0 Å². The van der Waals surface area contributed by atoms with Gasteiger partial charge in [-0.25, -0.2) is 14.3 Å². The number of aryl methyl sites for hydroxylation is 1. The van der Waals surface area contributed by atoms with Crippen LogP contribution in [0.2, 0.25) is 0 Å². The number of nitrogens with zero attached hydrogens (tertiary/aromatic N) is 4. The lowest BCUT2D eigenvalue weighted by Crippen LogP contribution is -2.62. The number of halogens is 1. The first-order valence-corrected chi connectivity index (χ1v) is 8.28. The third-order valence-corrected chi connectivity index (χ3v) is 4.77. The number of rotatable bonds is 2. The Morgan fingerprint density at radius 3 is 2.71 bits per heavy atom. The number of fused-ring (bicyclic) bond motifs is 3. The number of aliphatic imine (C=N–C) groups is 1. The first kappa shape index (κ1) is 15.1. The summed E-state index contributed by atoms with van der Waals surface area (Å²) in [7, 11) is 1.65. The van der Waals surface area contributed by atoms with Gasteiger partial charge >= 0.3 is 12.0 Å². The average molecular weight is 389 g/mol. The summed E-state index contributed by atoms with van der Waals surface area (Å²) >= 11 is 3.38. The molecule has 1 unspecified atom stereocenters. The fourth-order valence-corrected chi connectivity index (χ4v) is 3.31. The number of carbonyl (C=O) groups excluding carboxylic acids is 2. The summed E-state index contributed by atoms with van der Waals surface area (Å²) in [6.07, 6.45) is 1.84. The Bertz CT molecular complexity index is 886. The van der Waals surface area contributed by atoms with Crippen LogP contribution >= 0.6 is 15.9 Å². The van der Waals surface area contributed by atoms with Crippen LogP contribution in [0, 0.1) is 6.92 Å². The van der Waals surface area contributed by atoms with Crippen molar-refractivity contribution in [1.82, 2.24) is 14.8 Å². The van der Waals surface area contributed by atoms with E-state index in [0.29, 0.717) is 11.8 Å². The summed E-state index contributed by atoms with van der Waals surface area (Å²) in [6.45, 7) is 2.14. The van der Waals surface area contributed by atoms with Gasteiger partial charge in [0.25, 0.3) is 5.91 Å². The number of nitrogens with one attached hydrogen (secondary N) is 1. The second-order valence-electron chi connectivity index (χ2n) is 5.93. The number of urea groups is 1. The van der Waals surface area contributed by atoms with Crippen LogP contribution in [0.4, 0.5) is 10.7 Å². The van der Waals surface area contributed by atoms with E-state index in [1.807, 2.05) is 37.4 Å². The smallest absolute Gasteiger partial charge is 0.270 e. The molecule has 0 bridgehead atoms. The van der Waals surface area contributed by atoms with Crippen LogP contribution in [0.15, 0.2) is 39.9 Å². The molecule has 2 aromatic rings. The number of imidazole rings is 1. The van der Waals surface area contributed by atoms with Crippen molar-refractivity contribution in [2.45, 2.75) is 19.5 Å². The van der Waals surface area contributed by atoms with Gasteiger partial charge < -0.3 is 0 Å². The molecule has 8 heteroatoms. The molecule has 1 saturated heterocycles. The summed E-state index contributed by atoms with van der Waals surface area (Å²) in [6, 6.07) is 6.61. The number of amidine groups is 1. The molecule has 1 aromatic heterocycles. The van der Waals surface area contributed by atoms with Crippen LogP contribution in [0.25, 0.3) is 0 Å². The fraction of sp³-hybridized carbons (Fsp3) is 0.250. The van der Waals surface area contributed by atoms with Gasteiger partial charge in [-0.15, -0.1) is 0 Å². The maximum atomic E-state index is 13.0. The molecular weight excluding hydrogens is 374 g/mol. The Labute approximate surface area is 146 Å². The number of hydrogen-bond donors (Lipinski definition) is 1. The predicted octanol–water partition coefficient (Wildman–Crippen LogP) is 2.05. The monoisotopic (exact) mass is 388 g/mol. The normalized spacial score (nSPS) is 19.5. The number of likely N-dealkylation sites (N-methyl/N-ethyl adjacent to an activating group) is 1. The van der Waals surface area contributed by atoms with E-state index in [9.17, 15) is 9.59 Å². The third kappa shape index (κ3) is 2.17. The van der Waals surface area contributed by atoms with Gasteiger partial charge in [0.2, 0.25) is 11.9 Å². The SMILES string of the molecule is Cc1c[n+]2c([nH]1)N=C1C2C(=O)N(Cc2ccc(Br)cc2)C(=O)N1C. The minimum absolute atomic E-state index is 0.234. The molecule has 0 saturated carbocycles. The molecule has 1 fully saturated rings. The molecule has 4 rings (SSSR count). The Hall–Kier alpha value is -2.48. The quantitative estimate of drug-likeness (QED) is 0.799. The highest BCUT2D eigenvalue weighted by Gasteiger charge is 2.52. The lowest BCUT2D eigenvalue weighted by atomic mass is 10.1. The predicted molar refractivity (Wildman–Crippen MR) is 89.7 cm³/mol. The zero-order valence-electron chi connectivity index (χ0n) is 13.2. The molecule has 0 radical (unpaired) electrons. The summed E-state index contributed by atoms with van der Waals surface area (Å²) in [5.41, 5.74) is 1.81. The first-order valence-electron chi connectivity index (χ1n) is 7.48. The molecule has 2 aliphatic heterocycles. The van der Waals surface area contributed by atoms with E-state index in [0.717, 1.165) is 15.7 Å². The molecule has 2 aliphatic rings. The standard InChI is InChI=1S/C16H14BrN5O2/c1-9-7-21-12-13(19-15(21)18-9)20(2)16(24)22(14(12)23)8-10-3-5-11(17)6-4-10/h3-7,12H,8H2,1-2H3/p+1. The van der Waals surface area contributed by atoms with E-state index < -0.39 is 6.04 Å². The highest BCUT2D eigenvalue weighted by Crippen LogP contribution is 2.28. The second-order valence-corrected chi connectivity index (χ2v) is 6.85. The van der Waals surface area contributed by atoms with Crippen LogP contribution in [-0.4, -0.2) is 39.6 Å². The maximum absolute atomic E-state index is 13.0. The zero-order chi connectivity index (χ0) is 17.0. The topological polar surface area (TPSA) is 72.6 Å². The molecule has 1 aromatic carbocycles. The van der Waals surface area contributed by atoms with Gasteiger partial charge in [0.15, 0.2) is 0 Å². The van der Waals surface area contributed by atoms with Crippen LogP contribution in [0.3, 0.4) is 0 Å². The summed E-state index contributed by atoms with van der Waals surface area (Å²) in [5.74, 6) is 0.789. The van der Waals surface area contributed by atoms with Gasteiger partial charge in [-0.1, -0.05) is 33.1 Å². The molecule has 0 aliphatic carbocycles. The van der Waals surface area contributed by atoms with Gasteiger partial charge in [-0.05, 0) is 24.6 Å². The number of benzene rings is 1. The number of H-pyrrole nitrogens is 1. The summed E-state index contributed by atoms with van der Waals surface area (Å²) in [4.78, 5) is 35.8. The Morgan fingerprint density at radius 1 is 1.29 bits per heavy atom. The molecule has 1 atom stereocenters. The van der Waals surface area contributed by atoms with Crippen LogP contribution in [0.5, 0.6) is 0 Å². The van der Waals surface area contributed by atoms with E-state index in [1.165, 1.54) is 9.80 Å². The van der Waals surface area contributed by atoms with Gasteiger partial charge in [-0.3, -0.25) is 14.6 Å². The summed E-state index contributed by atoms with van der Waals surface area (Å²) in [5, 5.41) is 0. The molecule has 1 N–H and O–H groups in total. The van der Waals surface area contributed by atoms with Gasteiger partial charge in [0.1, 0.15) is 11.9 Å². The van der Waals surface area contributed by atoms with Crippen molar-refractivity contribution in [3.05, 3.63) is 46.2 Å². The zero-order valence-corrected chi connectivity index (χ0v) is 14.7. The Balaban J connectivity index is 1.70. The van der Waals surface area contributed by atoms with Crippen molar-refractivity contribution in [2.24, 2.45) is 4.99 Å². The van der Waals surface area contributed by atoms with Gasteiger partial charge in [0, 0.05) is 11.5 Å². The van der Waals surface area contributed by atoms with E-state index in [4.69, 9.17) is 0 Å². The fourth-order valence-electron chi connectivity index (χ4n) is 3.05. The van der Waals surface area contributed by atoms with Crippen LogP contribution < -0.4 is 4.57 Å². The molecule has 122 valence electrons. The van der Waals surface area contributed by atoms with E-state index in [1.54, 1.807) is 11.6 Å². The number of hydrogen-bond acceptors (Lipinski definition) is 3. The maximum Gasteiger partial charge on any atom is 0.399 e. The molecule has 7 nitrogen and oxygen atoms in total. The molecule has 0 spiro atoms. The lowest BCUT2D eigenvalue weighted by Gasteiger charge is -2.33. The van der Waals surface area contributed by atoms with Gasteiger partial charge in [0.05, 0.1) is 6.54 Å². The number of aromatic nitrogens is 2. The number of imide groups is 1. The molecule has 3 amide bonds. The van der Waals surface area contributed by atoms with E-state index >= 15 is 0 Å². The second kappa shape index (κ2) is 5.27. The highest BCUT2D eigenvalue weighted by molar-refractivity contribution is 9.10. The lowest BCUT2D eigenvalue weighted by molar-refractivity contribution is -0.676. The largest absolute Gasteiger partial charge is 0.399 e. The minimum Gasteiger partial charge on any atom is -0.270 e. The van der Waals surface area contributed by atoms with Crippen molar-refractivity contribution >= 4 is 39.7 Å². The number of carbonyl (C=O) groups is 2. The van der Waals surface area contributed by atoms with E-state index in [-0.39, 0.29) is 18.5 Å². The van der Waals surface area contributed by atoms with E-state index in [2.05, 4.69) is 25.9 Å².